The molecule has 0 amide bonds. The van der Waals surface area contributed by atoms with Crippen LogP contribution in [-0.2, 0) is 14.3 Å². The summed E-state index contributed by atoms with van der Waals surface area (Å²) in [6.07, 6.45) is 8.66. The van der Waals surface area contributed by atoms with E-state index in [9.17, 15) is 4.79 Å². The molecule has 22 heavy (non-hydrogen) atoms. The molecule has 3 heteroatoms. The van der Waals surface area contributed by atoms with E-state index in [1.807, 2.05) is 0 Å². The Morgan fingerprint density at radius 2 is 1.36 bits per heavy atom. The van der Waals surface area contributed by atoms with Gasteiger partial charge in [-0.1, -0.05) is 33.6 Å². The Hall–Kier alpha value is -1.51. The summed E-state index contributed by atoms with van der Waals surface area (Å²) in [6.45, 7) is 15.8. The number of esters is 1. The normalized spacial score (nSPS) is 45.2. The topological polar surface area (TPSA) is 35.5 Å². The molecule has 0 aliphatic heterocycles. The number of hydrogen-bond donors (Lipinski definition) is 0. The molecule has 3 unspecified atom stereocenters. The fourth-order valence-electron chi connectivity index (χ4n) is 6.27. The maximum absolute atomic E-state index is 11.9. The van der Waals surface area contributed by atoms with E-state index in [-0.39, 0.29) is 22.4 Å². The predicted octanol–water partition coefficient (Wildman–Crippen LogP) is 4.30. The third-order valence-electron chi connectivity index (χ3n) is 5.55. The highest BCUT2D eigenvalue weighted by atomic mass is 16.6. The highest BCUT2D eigenvalue weighted by Crippen LogP contribution is 2.69. The minimum absolute atomic E-state index is 0.145. The second kappa shape index (κ2) is 4.50. The quantitative estimate of drug-likeness (QED) is 0.329. The summed E-state index contributed by atoms with van der Waals surface area (Å²) in [5, 5.41) is 0. The van der Waals surface area contributed by atoms with Crippen molar-refractivity contribution < 1.29 is 14.3 Å². The van der Waals surface area contributed by atoms with Gasteiger partial charge in [0.25, 0.3) is 0 Å². The van der Waals surface area contributed by atoms with E-state index in [2.05, 4.69) is 33.6 Å². The Morgan fingerprint density at radius 1 is 0.864 bits per heavy atom. The van der Waals surface area contributed by atoms with E-state index < -0.39 is 5.60 Å². The van der Waals surface area contributed by atoms with E-state index >= 15 is 0 Å². The highest BCUT2D eigenvalue weighted by molar-refractivity contribution is 5.81. The Labute approximate surface area is 133 Å². The van der Waals surface area contributed by atoms with Crippen molar-refractivity contribution in [2.45, 2.75) is 63.6 Å². The van der Waals surface area contributed by atoms with Crippen molar-refractivity contribution in [2.75, 3.05) is 0 Å². The van der Waals surface area contributed by atoms with Crippen molar-refractivity contribution >= 4 is 5.97 Å². The van der Waals surface area contributed by atoms with Gasteiger partial charge in [-0.2, -0.15) is 0 Å². The van der Waals surface area contributed by atoms with Crippen LogP contribution < -0.4 is 0 Å². The number of allylic oxidation sites excluding steroid dienone is 1. The van der Waals surface area contributed by atoms with Crippen molar-refractivity contribution in [3.8, 4) is 0 Å². The molecule has 0 spiro atoms. The first kappa shape index (κ1) is 15.4. The molecular formula is C19H26O3. The van der Waals surface area contributed by atoms with Gasteiger partial charge in [-0.3, -0.25) is 0 Å². The van der Waals surface area contributed by atoms with Crippen LogP contribution in [0.4, 0.5) is 0 Å². The minimum atomic E-state index is -0.426. The Bertz CT molecular complexity index is 497. The lowest BCUT2D eigenvalue weighted by molar-refractivity contribution is -0.261. The van der Waals surface area contributed by atoms with Gasteiger partial charge in [0.2, 0.25) is 0 Å². The van der Waals surface area contributed by atoms with Crippen molar-refractivity contribution in [1.29, 1.82) is 0 Å². The van der Waals surface area contributed by atoms with Crippen molar-refractivity contribution in [1.82, 2.24) is 0 Å². The van der Waals surface area contributed by atoms with Gasteiger partial charge in [0.15, 0.2) is 0 Å². The molecule has 4 fully saturated rings. The lowest BCUT2D eigenvalue weighted by atomic mass is 9.42. The van der Waals surface area contributed by atoms with Crippen molar-refractivity contribution in [3.05, 3.63) is 37.6 Å². The molecule has 4 bridgehead atoms. The molecule has 4 saturated carbocycles. The summed E-state index contributed by atoms with van der Waals surface area (Å²) in [4.78, 5) is 11.9. The van der Waals surface area contributed by atoms with Gasteiger partial charge in [-0.15, -0.1) is 0 Å². The van der Waals surface area contributed by atoms with Gasteiger partial charge < -0.3 is 9.47 Å². The smallest absolute Gasteiger partial charge is 0.330 e. The summed E-state index contributed by atoms with van der Waals surface area (Å²) >= 11 is 0. The first-order valence-electron chi connectivity index (χ1n) is 8.01. The third kappa shape index (κ3) is 2.41. The van der Waals surface area contributed by atoms with Gasteiger partial charge in [0.05, 0.1) is 0 Å². The van der Waals surface area contributed by atoms with E-state index in [0.717, 1.165) is 32.1 Å². The van der Waals surface area contributed by atoms with Crippen LogP contribution in [0.25, 0.3) is 0 Å². The number of rotatable bonds is 5. The summed E-state index contributed by atoms with van der Waals surface area (Å²) in [5.74, 6) is 0.284. The van der Waals surface area contributed by atoms with Crippen LogP contribution in [0.15, 0.2) is 37.6 Å². The molecule has 4 aliphatic rings. The Balaban J connectivity index is 1.98. The van der Waals surface area contributed by atoms with Crippen molar-refractivity contribution in [3.63, 3.8) is 0 Å². The summed E-state index contributed by atoms with van der Waals surface area (Å²) in [5.41, 5.74) is -0.422. The van der Waals surface area contributed by atoms with Crippen LogP contribution in [0.2, 0.25) is 0 Å². The number of carbonyl (C=O) groups is 1. The number of carbonyl (C=O) groups excluding carboxylic acids is 1. The molecule has 4 atom stereocenters. The standard InChI is InChI=1S/C19H26O3/c1-6-14(3)21-18-9-16(4)8-17(5,10-18)12-19(11-16,13-18)22-15(20)7-2/h6-7H,1-3,8-13H2,4-5H3/t16-,17?,18?,19?/m1/s1. The first-order chi connectivity index (χ1) is 10.2. The summed E-state index contributed by atoms with van der Waals surface area (Å²) < 4.78 is 12.1. The Morgan fingerprint density at radius 3 is 1.82 bits per heavy atom. The molecule has 0 heterocycles. The van der Waals surface area contributed by atoms with E-state index in [4.69, 9.17) is 9.47 Å². The monoisotopic (exact) mass is 302 g/mol. The van der Waals surface area contributed by atoms with Gasteiger partial charge in [0.1, 0.15) is 17.0 Å². The molecule has 120 valence electrons. The molecule has 0 aromatic carbocycles. The number of hydrogen-bond acceptors (Lipinski definition) is 3. The first-order valence-corrected chi connectivity index (χ1v) is 8.01. The van der Waals surface area contributed by atoms with Crippen LogP contribution in [0.3, 0.4) is 0 Å². The van der Waals surface area contributed by atoms with Gasteiger partial charge in [0, 0.05) is 12.5 Å². The highest BCUT2D eigenvalue weighted by Gasteiger charge is 2.68. The van der Waals surface area contributed by atoms with E-state index in [1.54, 1.807) is 6.08 Å². The van der Waals surface area contributed by atoms with Gasteiger partial charge >= 0.3 is 5.97 Å². The molecule has 4 aliphatic carbocycles. The molecule has 3 nitrogen and oxygen atoms in total. The van der Waals surface area contributed by atoms with Crippen LogP contribution in [0.1, 0.15) is 52.4 Å². The fraction of sp³-hybridized carbons (Fsp3) is 0.632. The zero-order chi connectivity index (χ0) is 16.2. The van der Waals surface area contributed by atoms with Crippen LogP contribution in [0.5, 0.6) is 0 Å². The zero-order valence-electron chi connectivity index (χ0n) is 13.7. The third-order valence-corrected chi connectivity index (χ3v) is 5.55. The van der Waals surface area contributed by atoms with E-state index in [1.165, 1.54) is 12.5 Å². The van der Waals surface area contributed by atoms with Crippen LogP contribution in [0, 0.1) is 10.8 Å². The average Bonchev–Trinajstić information content (AvgIpc) is 2.32. The van der Waals surface area contributed by atoms with Crippen molar-refractivity contribution in [2.24, 2.45) is 10.8 Å². The SMILES string of the molecule is C=CC(=C)OC12CC3(C)CC(OC(=O)C=C)(C1)C[C@](C)(C3)C2. The lowest BCUT2D eigenvalue weighted by Gasteiger charge is -2.67. The van der Waals surface area contributed by atoms with Crippen LogP contribution >= 0.6 is 0 Å². The second-order valence-corrected chi connectivity index (χ2v) is 8.45. The van der Waals surface area contributed by atoms with Gasteiger partial charge in [-0.05, 0) is 49.0 Å². The molecule has 0 saturated heterocycles. The fourth-order valence-corrected chi connectivity index (χ4v) is 6.27. The molecule has 0 aromatic heterocycles. The van der Waals surface area contributed by atoms with Gasteiger partial charge in [-0.25, -0.2) is 4.79 Å². The maximum Gasteiger partial charge on any atom is 0.330 e. The molecule has 0 N–H and O–H groups in total. The summed E-state index contributed by atoms with van der Waals surface area (Å²) in [7, 11) is 0. The largest absolute Gasteiger partial charge is 0.488 e. The summed E-state index contributed by atoms with van der Waals surface area (Å²) in [6, 6.07) is 0. The average molecular weight is 302 g/mol. The maximum atomic E-state index is 11.9. The lowest BCUT2D eigenvalue weighted by Crippen LogP contribution is -2.67. The predicted molar refractivity (Wildman–Crippen MR) is 86.1 cm³/mol. The molecule has 0 radical (unpaired) electrons. The minimum Gasteiger partial charge on any atom is -0.488 e. The number of ether oxygens (including phenoxy) is 2. The van der Waals surface area contributed by atoms with Crippen LogP contribution in [-0.4, -0.2) is 17.2 Å². The molecule has 4 rings (SSSR count). The zero-order valence-corrected chi connectivity index (χ0v) is 13.7. The van der Waals surface area contributed by atoms with E-state index in [0.29, 0.717) is 5.76 Å². The molecular weight excluding hydrogens is 276 g/mol. The Kier molecular flexibility index (Phi) is 3.15. The second-order valence-electron chi connectivity index (χ2n) is 8.45. The molecule has 0 aromatic rings.